The molecule has 0 heterocycles. The SMILES string of the molecule is CCc1ccccc1NC(=O)Nc1cccc(NC(=O)Nc2ccccc2CC)c1. The number of nitrogens with one attached hydrogen (secondary N) is 4. The first-order valence-corrected chi connectivity index (χ1v) is 10.0. The quantitative estimate of drug-likeness (QED) is 0.402. The molecule has 0 bridgehead atoms. The molecule has 0 saturated carbocycles. The monoisotopic (exact) mass is 402 g/mol. The fraction of sp³-hybridized carbons (Fsp3) is 0.167. The molecule has 0 unspecified atom stereocenters. The number of rotatable bonds is 6. The summed E-state index contributed by atoms with van der Waals surface area (Å²) in [5.41, 5.74) is 4.84. The van der Waals surface area contributed by atoms with Crippen molar-refractivity contribution in [3.8, 4) is 0 Å². The first-order valence-electron chi connectivity index (χ1n) is 10.0. The molecule has 30 heavy (non-hydrogen) atoms. The second kappa shape index (κ2) is 10.1. The molecule has 6 heteroatoms. The van der Waals surface area contributed by atoms with E-state index in [1.165, 1.54) is 0 Å². The van der Waals surface area contributed by atoms with Crippen LogP contribution in [0.2, 0.25) is 0 Å². The van der Waals surface area contributed by atoms with Gasteiger partial charge in [-0.1, -0.05) is 56.3 Å². The third-order valence-electron chi connectivity index (χ3n) is 4.67. The zero-order valence-electron chi connectivity index (χ0n) is 17.2. The minimum Gasteiger partial charge on any atom is -0.308 e. The average molecular weight is 402 g/mol. The third-order valence-corrected chi connectivity index (χ3v) is 4.67. The maximum Gasteiger partial charge on any atom is 0.323 e. The molecule has 0 aliphatic carbocycles. The summed E-state index contributed by atoms with van der Waals surface area (Å²) in [4.78, 5) is 24.7. The number of urea groups is 2. The van der Waals surface area contributed by atoms with Crippen LogP contribution in [-0.4, -0.2) is 12.1 Å². The number of carbonyl (C=O) groups is 2. The fourth-order valence-electron chi connectivity index (χ4n) is 3.15. The second-order valence-electron chi connectivity index (χ2n) is 6.76. The molecule has 3 aromatic rings. The van der Waals surface area contributed by atoms with Gasteiger partial charge in [0.05, 0.1) is 0 Å². The van der Waals surface area contributed by atoms with Crippen molar-refractivity contribution in [2.75, 3.05) is 21.3 Å². The van der Waals surface area contributed by atoms with Crippen LogP contribution < -0.4 is 21.3 Å². The van der Waals surface area contributed by atoms with E-state index in [9.17, 15) is 9.59 Å². The summed E-state index contributed by atoms with van der Waals surface area (Å²) >= 11 is 0. The van der Waals surface area contributed by atoms with Gasteiger partial charge in [0.2, 0.25) is 0 Å². The highest BCUT2D eigenvalue weighted by Gasteiger charge is 2.08. The lowest BCUT2D eigenvalue weighted by atomic mass is 10.1. The molecular weight excluding hydrogens is 376 g/mol. The number of aryl methyl sites for hydroxylation is 2. The van der Waals surface area contributed by atoms with E-state index in [0.29, 0.717) is 11.4 Å². The summed E-state index contributed by atoms with van der Waals surface area (Å²) < 4.78 is 0. The molecule has 0 aromatic heterocycles. The molecule has 0 radical (unpaired) electrons. The van der Waals surface area contributed by atoms with Crippen LogP contribution in [0.4, 0.5) is 32.3 Å². The van der Waals surface area contributed by atoms with Crippen LogP contribution in [-0.2, 0) is 12.8 Å². The zero-order chi connectivity index (χ0) is 21.3. The van der Waals surface area contributed by atoms with Crippen molar-refractivity contribution in [3.05, 3.63) is 83.9 Å². The zero-order valence-corrected chi connectivity index (χ0v) is 17.2. The lowest BCUT2D eigenvalue weighted by molar-refractivity contribution is 0.261. The molecule has 4 amide bonds. The minimum atomic E-state index is -0.339. The summed E-state index contributed by atoms with van der Waals surface area (Å²) in [6.45, 7) is 4.08. The van der Waals surface area contributed by atoms with Crippen molar-refractivity contribution in [3.63, 3.8) is 0 Å². The Morgan fingerprint density at radius 2 is 1.03 bits per heavy atom. The summed E-state index contributed by atoms with van der Waals surface area (Å²) in [5.74, 6) is 0. The molecule has 0 aliphatic heterocycles. The van der Waals surface area contributed by atoms with Crippen LogP contribution in [0.1, 0.15) is 25.0 Å². The third kappa shape index (κ3) is 5.61. The van der Waals surface area contributed by atoms with Gasteiger partial charge in [0.25, 0.3) is 0 Å². The molecular formula is C24H26N4O2. The lowest BCUT2D eigenvalue weighted by Crippen LogP contribution is -2.21. The Hall–Kier alpha value is -3.80. The molecule has 4 N–H and O–H groups in total. The number of carbonyl (C=O) groups excluding carboxylic acids is 2. The van der Waals surface area contributed by atoms with Crippen LogP contribution in [0, 0.1) is 0 Å². The predicted octanol–water partition coefficient (Wildman–Crippen LogP) is 6.10. The number of amides is 4. The summed E-state index contributed by atoms with van der Waals surface area (Å²) in [6, 6.07) is 21.7. The summed E-state index contributed by atoms with van der Waals surface area (Å²) in [5, 5.41) is 11.3. The number of anilines is 4. The van der Waals surface area contributed by atoms with Crippen molar-refractivity contribution in [2.45, 2.75) is 26.7 Å². The van der Waals surface area contributed by atoms with E-state index in [1.807, 2.05) is 62.4 Å². The van der Waals surface area contributed by atoms with E-state index in [2.05, 4.69) is 21.3 Å². The molecule has 0 spiro atoms. The summed E-state index contributed by atoms with van der Waals surface area (Å²) in [6.07, 6.45) is 1.65. The molecule has 0 atom stereocenters. The van der Waals surface area contributed by atoms with Crippen molar-refractivity contribution in [2.24, 2.45) is 0 Å². The highest BCUT2D eigenvalue weighted by atomic mass is 16.2. The lowest BCUT2D eigenvalue weighted by Gasteiger charge is -2.13. The Morgan fingerprint density at radius 1 is 0.600 bits per heavy atom. The van der Waals surface area contributed by atoms with Gasteiger partial charge in [0, 0.05) is 22.7 Å². The second-order valence-corrected chi connectivity index (χ2v) is 6.76. The number of hydrogen-bond donors (Lipinski definition) is 4. The van der Waals surface area contributed by atoms with E-state index in [0.717, 1.165) is 35.3 Å². The van der Waals surface area contributed by atoms with Crippen LogP contribution in [0.15, 0.2) is 72.8 Å². The van der Waals surface area contributed by atoms with E-state index in [-0.39, 0.29) is 12.1 Å². The molecule has 0 fully saturated rings. The van der Waals surface area contributed by atoms with Gasteiger partial charge in [-0.3, -0.25) is 0 Å². The Balaban J connectivity index is 1.61. The van der Waals surface area contributed by atoms with Gasteiger partial charge < -0.3 is 21.3 Å². The van der Waals surface area contributed by atoms with Crippen LogP contribution >= 0.6 is 0 Å². The molecule has 0 saturated heterocycles. The Bertz CT molecular complexity index is 954. The van der Waals surface area contributed by atoms with Crippen molar-refractivity contribution >= 4 is 34.8 Å². The maximum atomic E-state index is 12.4. The largest absolute Gasteiger partial charge is 0.323 e. The maximum absolute atomic E-state index is 12.4. The van der Waals surface area contributed by atoms with E-state index < -0.39 is 0 Å². The number of para-hydroxylation sites is 2. The normalized spacial score (nSPS) is 10.2. The van der Waals surface area contributed by atoms with E-state index in [4.69, 9.17) is 0 Å². The summed E-state index contributed by atoms with van der Waals surface area (Å²) in [7, 11) is 0. The van der Waals surface area contributed by atoms with Crippen LogP contribution in [0.25, 0.3) is 0 Å². The Morgan fingerprint density at radius 3 is 1.47 bits per heavy atom. The minimum absolute atomic E-state index is 0.339. The van der Waals surface area contributed by atoms with Gasteiger partial charge in [-0.25, -0.2) is 9.59 Å². The molecule has 3 aromatic carbocycles. The first kappa shape index (κ1) is 20.9. The Labute approximate surface area is 176 Å². The standard InChI is InChI=1S/C24H26N4O2/c1-3-17-10-5-7-14-21(17)27-23(29)25-19-12-9-13-20(16-19)26-24(30)28-22-15-8-6-11-18(22)4-2/h5-16H,3-4H2,1-2H3,(H2,25,27,29)(H2,26,28,30). The van der Waals surface area contributed by atoms with Crippen molar-refractivity contribution < 1.29 is 9.59 Å². The Kier molecular flexibility index (Phi) is 7.05. The highest BCUT2D eigenvalue weighted by molar-refractivity contribution is 6.02. The van der Waals surface area contributed by atoms with Gasteiger partial charge in [0.1, 0.15) is 0 Å². The first-order chi connectivity index (χ1) is 14.6. The average Bonchev–Trinajstić information content (AvgIpc) is 2.74. The van der Waals surface area contributed by atoms with Gasteiger partial charge in [-0.2, -0.15) is 0 Å². The molecule has 6 nitrogen and oxygen atoms in total. The molecule has 3 rings (SSSR count). The molecule has 0 aliphatic rings. The van der Waals surface area contributed by atoms with Crippen LogP contribution in [0.3, 0.4) is 0 Å². The highest BCUT2D eigenvalue weighted by Crippen LogP contribution is 2.19. The van der Waals surface area contributed by atoms with Crippen molar-refractivity contribution in [1.29, 1.82) is 0 Å². The van der Waals surface area contributed by atoms with Gasteiger partial charge in [-0.15, -0.1) is 0 Å². The smallest absolute Gasteiger partial charge is 0.308 e. The van der Waals surface area contributed by atoms with Crippen molar-refractivity contribution in [1.82, 2.24) is 0 Å². The fourth-order valence-corrected chi connectivity index (χ4v) is 3.15. The molecule has 154 valence electrons. The predicted molar refractivity (Wildman–Crippen MR) is 123 cm³/mol. The van der Waals surface area contributed by atoms with E-state index >= 15 is 0 Å². The number of benzene rings is 3. The number of hydrogen-bond acceptors (Lipinski definition) is 2. The van der Waals surface area contributed by atoms with Gasteiger partial charge in [-0.05, 0) is 54.3 Å². The van der Waals surface area contributed by atoms with Gasteiger partial charge >= 0.3 is 12.1 Å². The van der Waals surface area contributed by atoms with E-state index in [1.54, 1.807) is 24.3 Å². The topological polar surface area (TPSA) is 82.3 Å². The van der Waals surface area contributed by atoms with Gasteiger partial charge in [0.15, 0.2) is 0 Å². The van der Waals surface area contributed by atoms with Crippen LogP contribution in [0.5, 0.6) is 0 Å².